The van der Waals surface area contributed by atoms with E-state index in [0.717, 1.165) is 44.8 Å². The van der Waals surface area contributed by atoms with Gasteiger partial charge in [0.15, 0.2) is 6.61 Å². The molecule has 0 atom stereocenters. The molecule has 0 aliphatic heterocycles. The van der Waals surface area contributed by atoms with Crippen LogP contribution in [0.4, 0.5) is 13.2 Å². The van der Waals surface area contributed by atoms with Gasteiger partial charge in [-0.2, -0.15) is 13.2 Å². The molecule has 0 aliphatic carbocycles. The topological polar surface area (TPSA) is 55.8 Å². The fraction of sp³-hybridized carbons (Fsp3) is 0.167. The molecule has 0 amide bonds. The number of carboxylic acids is 1. The van der Waals surface area contributed by atoms with Crippen LogP contribution < -0.4 is 9.47 Å². The molecule has 8 heteroatoms. The van der Waals surface area contributed by atoms with Crippen molar-refractivity contribution in [1.29, 1.82) is 0 Å². The van der Waals surface area contributed by atoms with Crippen molar-refractivity contribution in [3.63, 3.8) is 0 Å². The number of ether oxygens (including phenoxy) is 2. The maximum absolute atomic E-state index is 13.1. The Balaban J connectivity index is 1.63. The first kappa shape index (κ1) is 27.1. The maximum Gasteiger partial charge on any atom is 0.416 e. The summed E-state index contributed by atoms with van der Waals surface area (Å²) < 4.78 is 50.5. The summed E-state index contributed by atoms with van der Waals surface area (Å²) >= 11 is 1.64. The van der Waals surface area contributed by atoms with E-state index in [0.29, 0.717) is 17.1 Å². The average molecular weight is 539 g/mol. The lowest BCUT2D eigenvalue weighted by atomic mass is 9.95. The number of benzene rings is 4. The highest BCUT2D eigenvalue weighted by atomic mass is 32.2. The molecule has 0 heterocycles. The van der Waals surface area contributed by atoms with Gasteiger partial charge in [0.05, 0.1) is 5.56 Å². The lowest BCUT2D eigenvalue weighted by molar-refractivity contribution is -0.139. The Morgan fingerprint density at radius 2 is 1.42 bits per heavy atom. The summed E-state index contributed by atoms with van der Waals surface area (Å²) in [5.41, 5.74) is 4.22. The number of carbonyl (C=O) groups is 1. The first-order valence-electron chi connectivity index (χ1n) is 11.7. The number of aliphatic carboxylic acids is 1. The summed E-state index contributed by atoms with van der Waals surface area (Å²) in [5, 5.41) is 8.81. The predicted molar refractivity (Wildman–Crippen MR) is 143 cm³/mol. The second kappa shape index (κ2) is 11.6. The molecule has 196 valence electrons. The third-order valence-electron chi connectivity index (χ3n) is 5.86. The van der Waals surface area contributed by atoms with E-state index in [1.807, 2.05) is 48.7 Å². The number of hydrogen-bond donors (Lipinski definition) is 1. The lowest BCUT2D eigenvalue weighted by Gasteiger charge is -2.14. The van der Waals surface area contributed by atoms with E-state index in [1.165, 1.54) is 12.1 Å². The van der Waals surface area contributed by atoms with Gasteiger partial charge in [-0.25, -0.2) is 4.79 Å². The smallest absolute Gasteiger partial charge is 0.416 e. The van der Waals surface area contributed by atoms with E-state index in [4.69, 9.17) is 14.6 Å². The molecule has 4 nitrogen and oxygen atoms in total. The first-order valence-corrected chi connectivity index (χ1v) is 12.9. The Morgan fingerprint density at radius 1 is 0.816 bits per heavy atom. The Hall–Kier alpha value is -3.91. The lowest BCUT2D eigenvalue weighted by Crippen LogP contribution is -2.10. The van der Waals surface area contributed by atoms with E-state index in [1.54, 1.807) is 36.9 Å². The highest BCUT2D eigenvalue weighted by Crippen LogP contribution is 2.34. The van der Waals surface area contributed by atoms with Crippen LogP contribution in [0.5, 0.6) is 11.5 Å². The molecule has 1 N–H and O–H groups in total. The van der Waals surface area contributed by atoms with Gasteiger partial charge in [0.2, 0.25) is 0 Å². The summed E-state index contributed by atoms with van der Waals surface area (Å²) in [5.74, 6) is -0.0208. The summed E-state index contributed by atoms with van der Waals surface area (Å²) in [6, 6.07) is 24.2. The zero-order chi connectivity index (χ0) is 27.3. The number of thioether (sulfide) groups is 1. The van der Waals surface area contributed by atoms with Gasteiger partial charge in [0.25, 0.3) is 0 Å². The summed E-state index contributed by atoms with van der Waals surface area (Å²) in [6.45, 7) is 1.59. The molecule has 38 heavy (non-hydrogen) atoms. The normalized spacial score (nSPS) is 11.3. The molecule has 0 unspecified atom stereocenters. The number of halogens is 3. The standard InChI is InChI=1S/C30H25F3O4S/c1-19-13-26(9-12-28(19)37-18-29(34)35)36-17-20-14-23(21-3-7-25(8-4-21)30(31,32)33)16-24(15-20)22-5-10-27(38-2)11-6-22/h3-16H,17-18H2,1-2H3,(H,34,35). The van der Waals surface area contributed by atoms with Crippen molar-refractivity contribution >= 4 is 17.7 Å². The van der Waals surface area contributed by atoms with Gasteiger partial charge in [0.1, 0.15) is 18.1 Å². The summed E-state index contributed by atoms with van der Waals surface area (Å²) in [6.07, 6.45) is -2.40. The van der Waals surface area contributed by atoms with Crippen LogP contribution >= 0.6 is 11.8 Å². The molecule has 0 aliphatic rings. The van der Waals surface area contributed by atoms with Crippen LogP contribution in [0.2, 0.25) is 0 Å². The van der Waals surface area contributed by atoms with Crippen LogP contribution in [-0.4, -0.2) is 23.9 Å². The van der Waals surface area contributed by atoms with Crippen LogP contribution in [0.3, 0.4) is 0 Å². The van der Waals surface area contributed by atoms with Crippen LogP contribution in [0.25, 0.3) is 22.3 Å². The number of hydrogen-bond acceptors (Lipinski definition) is 4. The van der Waals surface area contributed by atoms with Crippen LogP contribution in [-0.2, 0) is 17.6 Å². The predicted octanol–water partition coefficient (Wildman–Crippen LogP) is 8.11. The van der Waals surface area contributed by atoms with Crippen molar-refractivity contribution in [3.8, 4) is 33.8 Å². The number of alkyl halides is 3. The van der Waals surface area contributed by atoms with Crippen molar-refractivity contribution in [1.82, 2.24) is 0 Å². The SMILES string of the molecule is CSc1ccc(-c2cc(COc3ccc(OCC(=O)O)c(C)c3)cc(-c3ccc(C(F)(F)F)cc3)c2)cc1. The van der Waals surface area contributed by atoms with E-state index < -0.39 is 24.3 Å². The van der Waals surface area contributed by atoms with Gasteiger partial charge >= 0.3 is 12.1 Å². The highest BCUT2D eigenvalue weighted by molar-refractivity contribution is 7.98. The quantitative estimate of drug-likeness (QED) is 0.218. The molecule has 0 radical (unpaired) electrons. The van der Waals surface area contributed by atoms with Gasteiger partial charge in [-0.15, -0.1) is 11.8 Å². The molecule has 4 aromatic carbocycles. The van der Waals surface area contributed by atoms with Gasteiger partial charge in [0, 0.05) is 4.90 Å². The van der Waals surface area contributed by atoms with E-state index >= 15 is 0 Å². The van der Waals surface area contributed by atoms with Crippen LogP contribution in [0.15, 0.2) is 89.8 Å². The number of aryl methyl sites for hydroxylation is 1. The Bertz CT molecular complexity index is 1420. The van der Waals surface area contributed by atoms with E-state index in [2.05, 4.69) is 0 Å². The zero-order valence-electron chi connectivity index (χ0n) is 20.7. The van der Waals surface area contributed by atoms with Crippen molar-refractivity contribution in [3.05, 3.63) is 102 Å². The minimum Gasteiger partial charge on any atom is -0.489 e. The average Bonchev–Trinajstić information content (AvgIpc) is 2.90. The fourth-order valence-electron chi connectivity index (χ4n) is 3.92. The molecular formula is C30H25F3O4S. The highest BCUT2D eigenvalue weighted by Gasteiger charge is 2.30. The van der Waals surface area contributed by atoms with Crippen LogP contribution in [0.1, 0.15) is 16.7 Å². The maximum atomic E-state index is 13.1. The molecule has 0 fully saturated rings. The molecule has 4 rings (SSSR count). The number of carboxylic acid groups (broad SMARTS) is 1. The van der Waals surface area contributed by atoms with Gasteiger partial charge in [-0.1, -0.05) is 24.3 Å². The third kappa shape index (κ3) is 6.89. The monoisotopic (exact) mass is 538 g/mol. The van der Waals surface area contributed by atoms with Crippen LogP contribution in [0, 0.1) is 6.92 Å². The Morgan fingerprint density at radius 3 is 1.95 bits per heavy atom. The van der Waals surface area contributed by atoms with Crippen molar-refractivity contribution in [2.75, 3.05) is 12.9 Å². The summed E-state index contributed by atoms with van der Waals surface area (Å²) in [7, 11) is 0. The molecule has 0 bridgehead atoms. The molecule has 0 saturated heterocycles. The largest absolute Gasteiger partial charge is 0.489 e. The van der Waals surface area contributed by atoms with E-state index in [-0.39, 0.29) is 6.61 Å². The van der Waals surface area contributed by atoms with E-state index in [9.17, 15) is 18.0 Å². The van der Waals surface area contributed by atoms with Gasteiger partial charge in [-0.05, 0) is 107 Å². The molecule has 0 saturated carbocycles. The third-order valence-corrected chi connectivity index (χ3v) is 6.61. The minimum absolute atomic E-state index is 0.221. The van der Waals surface area contributed by atoms with Crippen molar-refractivity contribution in [2.45, 2.75) is 24.6 Å². The molecule has 0 aromatic heterocycles. The molecular weight excluding hydrogens is 513 g/mol. The van der Waals surface area contributed by atoms with Crippen molar-refractivity contribution in [2.24, 2.45) is 0 Å². The zero-order valence-corrected chi connectivity index (χ0v) is 21.5. The van der Waals surface area contributed by atoms with Gasteiger partial charge < -0.3 is 14.6 Å². The first-order chi connectivity index (χ1) is 18.1. The summed E-state index contributed by atoms with van der Waals surface area (Å²) in [4.78, 5) is 11.9. The fourth-order valence-corrected chi connectivity index (χ4v) is 4.33. The number of rotatable bonds is 9. The Kier molecular flexibility index (Phi) is 8.32. The second-order valence-electron chi connectivity index (χ2n) is 8.62. The van der Waals surface area contributed by atoms with Crippen molar-refractivity contribution < 1.29 is 32.5 Å². The Labute approximate surface area is 223 Å². The second-order valence-corrected chi connectivity index (χ2v) is 9.50. The molecule has 4 aromatic rings. The van der Waals surface area contributed by atoms with Gasteiger partial charge in [-0.3, -0.25) is 0 Å². The molecule has 0 spiro atoms. The minimum atomic E-state index is -4.40.